The average Bonchev–Trinajstić information content (AvgIpc) is 3.43. The number of rotatable bonds is 4. The maximum Gasteiger partial charge on any atom is 0.262 e. The summed E-state index contributed by atoms with van der Waals surface area (Å²) in [6.07, 6.45) is 2.60. The molecule has 3 aliphatic heterocycles. The van der Waals surface area contributed by atoms with Gasteiger partial charge in [0.2, 0.25) is 11.8 Å². The van der Waals surface area contributed by atoms with E-state index in [0.717, 1.165) is 23.4 Å². The van der Waals surface area contributed by atoms with Crippen LogP contribution in [-0.2, 0) is 16.1 Å². The number of nitrogens with one attached hydrogen (secondary N) is 3. The second-order valence-electron chi connectivity index (χ2n) is 8.06. The number of fused-ring (bicyclic) bond motifs is 2. The molecule has 1 aromatic carbocycles. The maximum atomic E-state index is 12.9. The third-order valence-electron chi connectivity index (χ3n) is 6.29. The van der Waals surface area contributed by atoms with E-state index in [0.29, 0.717) is 35.7 Å². The first-order valence-electron chi connectivity index (χ1n) is 9.84. The second-order valence-corrected chi connectivity index (χ2v) is 8.06. The van der Waals surface area contributed by atoms with Gasteiger partial charge < -0.3 is 10.6 Å². The lowest BCUT2D eigenvalue weighted by atomic mass is 10.0. The van der Waals surface area contributed by atoms with Crippen molar-refractivity contribution >= 4 is 23.6 Å². The van der Waals surface area contributed by atoms with E-state index in [4.69, 9.17) is 0 Å². The van der Waals surface area contributed by atoms with Crippen LogP contribution >= 0.6 is 0 Å². The largest absolute Gasteiger partial charge is 0.314 e. The Morgan fingerprint density at radius 3 is 2.71 bits per heavy atom. The van der Waals surface area contributed by atoms with Crippen molar-refractivity contribution in [2.75, 3.05) is 6.54 Å². The molecule has 4 unspecified atom stereocenters. The summed E-state index contributed by atoms with van der Waals surface area (Å²) in [5.41, 5.74) is 1.60. The van der Waals surface area contributed by atoms with Crippen LogP contribution in [0.3, 0.4) is 0 Å². The fourth-order valence-electron chi connectivity index (χ4n) is 4.66. The van der Waals surface area contributed by atoms with Gasteiger partial charge in [-0.1, -0.05) is 6.07 Å². The molecule has 3 fully saturated rings. The standard InChI is InChI=1S/C20H22N4O4/c25-17-4-3-16(18(26)23-17)24-19(27)11-2-1-10(7-12(11)20(24)28)9-22-14-5-6-21-15-8-13(14)15/h1-2,7,13-16,21-22H,3-6,8-9H2,(H,23,25,26). The van der Waals surface area contributed by atoms with Crippen molar-refractivity contribution in [3.05, 3.63) is 34.9 Å². The zero-order chi connectivity index (χ0) is 19.4. The molecular weight excluding hydrogens is 360 g/mol. The fraction of sp³-hybridized carbons (Fsp3) is 0.500. The molecule has 0 bridgehead atoms. The Labute approximate surface area is 162 Å². The van der Waals surface area contributed by atoms with Gasteiger partial charge >= 0.3 is 0 Å². The topological polar surface area (TPSA) is 108 Å². The third kappa shape index (κ3) is 2.84. The lowest BCUT2D eigenvalue weighted by Gasteiger charge is -2.27. The Morgan fingerprint density at radius 2 is 1.89 bits per heavy atom. The van der Waals surface area contributed by atoms with Crippen molar-refractivity contribution in [3.8, 4) is 0 Å². The van der Waals surface area contributed by atoms with Crippen LogP contribution in [0.2, 0.25) is 0 Å². The van der Waals surface area contributed by atoms with Crippen molar-refractivity contribution in [2.24, 2.45) is 5.92 Å². The Morgan fingerprint density at radius 1 is 1.07 bits per heavy atom. The van der Waals surface area contributed by atoms with Crippen molar-refractivity contribution in [1.29, 1.82) is 0 Å². The molecule has 146 valence electrons. The molecule has 8 nitrogen and oxygen atoms in total. The summed E-state index contributed by atoms with van der Waals surface area (Å²) in [6.45, 7) is 1.66. The van der Waals surface area contributed by atoms with E-state index in [1.54, 1.807) is 12.1 Å². The van der Waals surface area contributed by atoms with Gasteiger partial charge in [-0.15, -0.1) is 0 Å². The summed E-state index contributed by atoms with van der Waals surface area (Å²) < 4.78 is 0. The molecule has 2 saturated heterocycles. The lowest BCUT2D eigenvalue weighted by Crippen LogP contribution is -2.54. The first-order valence-corrected chi connectivity index (χ1v) is 9.84. The Hall–Kier alpha value is -2.58. The molecular formula is C20H22N4O4. The van der Waals surface area contributed by atoms with Crippen LogP contribution in [0, 0.1) is 5.92 Å². The van der Waals surface area contributed by atoms with Crippen LogP contribution in [0.1, 0.15) is 52.0 Å². The van der Waals surface area contributed by atoms with Gasteiger partial charge in [0.05, 0.1) is 11.1 Å². The van der Waals surface area contributed by atoms with Gasteiger partial charge in [-0.2, -0.15) is 0 Å². The molecule has 8 heteroatoms. The molecule has 4 atom stereocenters. The molecule has 28 heavy (non-hydrogen) atoms. The second kappa shape index (κ2) is 6.49. The SMILES string of the molecule is O=C1CCC(N2C(=O)c3ccc(CNC4CCNC5CC45)cc3C2=O)C(=O)N1. The Kier molecular flexibility index (Phi) is 4.06. The van der Waals surface area contributed by atoms with E-state index in [1.807, 2.05) is 6.07 Å². The molecule has 1 aliphatic carbocycles. The first-order chi connectivity index (χ1) is 13.5. The summed E-state index contributed by atoms with van der Waals surface area (Å²) in [7, 11) is 0. The summed E-state index contributed by atoms with van der Waals surface area (Å²) in [5, 5.41) is 9.28. The summed E-state index contributed by atoms with van der Waals surface area (Å²) >= 11 is 0. The normalized spacial score (nSPS) is 31.5. The van der Waals surface area contributed by atoms with Crippen LogP contribution in [0.15, 0.2) is 18.2 Å². The predicted octanol–water partition coefficient (Wildman–Crippen LogP) is -0.0722. The van der Waals surface area contributed by atoms with Crippen LogP contribution in [-0.4, -0.2) is 53.2 Å². The van der Waals surface area contributed by atoms with E-state index in [9.17, 15) is 19.2 Å². The highest BCUT2D eigenvalue weighted by Gasteiger charge is 2.46. The van der Waals surface area contributed by atoms with Crippen molar-refractivity contribution in [1.82, 2.24) is 20.9 Å². The highest BCUT2D eigenvalue weighted by molar-refractivity contribution is 6.23. The van der Waals surface area contributed by atoms with E-state index < -0.39 is 23.8 Å². The number of benzene rings is 1. The van der Waals surface area contributed by atoms with Gasteiger partial charge in [0.15, 0.2) is 0 Å². The summed E-state index contributed by atoms with van der Waals surface area (Å²) in [4.78, 5) is 50.1. The van der Waals surface area contributed by atoms with E-state index in [2.05, 4.69) is 16.0 Å². The number of carbonyl (C=O) groups excluding carboxylic acids is 4. The number of imide groups is 2. The molecule has 1 aromatic rings. The monoisotopic (exact) mass is 382 g/mol. The van der Waals surface area contributed by atoms with Crippen molar-refractivity contribution < 1.29 is 19.2 Å². The van der Waals surface area contributed by atoms with Gasteiger partial charge in [-0.25, -0.2) is 0 Å². The van der Waals surface area contributed by atoms with Gasteiger partial charge in [-0.3, -0.25) is 29.4 Å². The predicted molar refractivity (Wildman–Crippen MR) is 98.3 cm³/mol. The number of piperidine rings is 2. The molecule has 0 aromatic heterocycles. The van der Waals surface area contributed by atoms with Crippen LogP contribution in [0.25, 0.3) is 0 Å². The molecule has 3 heterocycles. The number of hydrogen-bond acceptors (Lipinski definition) is 6. The minimum atomic E-state index is -0.923. The highest BCUT2D eigenvalue weighted by atomic mass is 16.2. The van der Waals surface area contributed by atoms with Crippen LogP contribution in [0.5, 0.6) is 0 Å². The summed E-state index contributed by atoms with van der Waals surface area (Å²) in [5.74, 6) is -1.19. The fourth-order valence-corrected chi connectivity index (χ4v) is 4.66. The molecule has 4 aliphatic rings. The average molecular weight is 382 g/mol. The maximum absolute atomic E-state index is 12.9. The van der Waals surface area contributed by atoms with E-state index in [-0.39, 0.29) is 18.7 Å². The van der Waals surface area contributed by atoms with Gasteiger partial charge in [-0.05, 0) is 49.4 Å². The van der Waals surface area contributed by atoms with Crippen molar-refractivity contribution in [3.63, 3.8) is 0 Å². The Balaban J connectivity index is 1.31. The lowest BCUT2D eigenvalue weighted by molar-refractivity contribution is -0.136. The molecule has 1 saturated carbocycles. The first kappa shape index (κ1) is 17.5. The number of hydrogen-bond donors (Lipinski definition) is 3. The molecule has 4 amide bonds. The van der Waals surface area contributed by atoms with E-state index >= 15 is 0 Å². The molecule has 0 spiro atoms. The molecule has 5 rings (SSSR count). The number of nitrogens with zero attached hydrogens (tertiary/aromatic N) is 1. The third-order valence-corrected chi connectivity index (χ3v) is 6.29. The minimum Gasteiger partial charge on any atom is -0.314 e. The molecule has 0 radical (unpaired) electrons. The number of carbonyl (C=O) groups is 4. The van der Waals surface area contributed by atoms with Crippen LogP contribution in [0.4, 0.5) is 0 Å². The van der Waals surface area contributed by atoms with E-state index in [1.165, 1.54) is 6.42 Å². The molecule has 3 N–H and O–H groups in total. The Bertz CT molecular complexity index is 898. The van der Waals surface area contributed by atoms with Crippen molar-refractivity contribution in [2.45, 2.75) is 50.4 Å². The van der Waals surface area contributed by atoms with Gasteiger partial charge in [0.25, 0.3) is 11.8 Å². The van der Waals surface area contributed by atoms with Gasteiger partial charge in [0, 0.05) is 25.0 Å². The van der Waals surface area contributed by atoms with Crippen LogP contribution < -0.4 is 16.0 Å². The number of amides is 4. The zero-order valence-electron chi connectivity index (χ0n) is 15.4. The quantitative estimate of drug-likeness (QED) is 0.629. The zero-order valence-corrected chi connectivity index (χ0v) is 15.4. The highest BCUT2D eigenvalue weighted by Crippen LogP contribution is 2.38. The van der Waals surface area contributed by atoms with Gasteiger partial charge in [0.1, 0.15) is 6.04 Å². The summed E-state index contributed by atoms with van der Waals surface area (Å²) in [6, 6.07) is 5.48. The minimum absolute atomic E-state index is 0.122. The smallest absolute Gasteiger partial charge is 0.262 e.